The Morgan fingerprint density at radius 1 is 1.32 bits per heavy atom. The molecule has 0 saturated heterocycles. The van der Waals surface area contributed by atoms with Crippen molar-refractivity contribution in [2.75, 3.05) is 14.2 Å². The van der Waals surface area contributed by atoms with E-state index in [2.05, 4.69) is 9.55 Å². The van der Waals surface area contributed by atoms with Gasteiger partial charge in [-0.15, -0.1) is 11.6 Å². The van der Waals surface area contributed by atoms with Crippen molar-refractivity contribution in [3.8, 4) is 5.75 Å². The van der Waals surface area contributed by atoms with Crippen LogP contribution in [-0.2, 0) is 17.2 Å². The van der Waals surface area contributed by atoms with Crippen LogP contribution in [-0.4, -0.2) is 29.4 Å². The average molecular weight is 283 g/mol. The molecule has 2 rings (SSSR count). The van der Waals surface area contributed by atoms with Crippen LogP contribution >= 0.6 is 11.6 Å². The molecule has 0 radical (unpaired) electrons. The second-order valence-electron chi connectivity index (χ2n) is 5.04. The summed E-state index contributed by atoms with van der Waals surface area (Å²) in [6.45, 7) is 4.77. The molecule has 5 heteroatoms. The molecule has 4 nitrogen and oxygen atoms in total. The summed E-state index contributed by atoms with van der Waals surface area (Å²) in [5.74, 6) is 1.95. The van der Waals surface area contributed by atoms with Gasteiger partial charge in [-0.3, -0.25) is 0 Å². The van der Waals surface area contributed by atoms with Gasteiger partial charge in [0, 0.05) is 7.11 Å². The lowest BCUT2D eigenvalue weighted by Gasteiger charge is -2.24. The summed E-state index contributed by atoms with van der Waals surface area (Å²) in [4.78, 5) is 4.57. The summed E-state index contributed by atoms with van der Waals surface area (Å²) in [5, 5.41) is 0. The zero-order valence-corrected chi connectivity index (χ0v) is 12.5. The van der Waals surface area contributed by atoms with Crippen LogP contribution in [0.15, 0.2) is 18.2 Å². The smallest absolute Gasteiger partial charge is 0.146 e. The van der Waals surface area contributed by atoms with Crippen LogP contribution in [0.5, 0.6) is 5.75 Å². The highest BCUT2D eigenvalue weighted by Gasteiger charge is 2.22. The Balaban J connectivity index is 2.58. The van der Waals surface area contributed by atoms with E-state index in [1.165, 1.54) is 0 Å². The van der Waals surface area contributed by atoms with Gasteiger partial charge in [-0.1, -0.05) is 6.07 Å². The third-order valence-corrected chi connectivity index (χ3v) is 3.49. The van der Waals surface area contributed by atoms with Crippen molar-refractivity contribution in [1.29, 1.82) is 0 Å². The van der Waals surface area contributed by atoms with Gasteiger partial charge in [-0.05, 0) is 26.0 Å². The summed E-state index contributed by atoms with van der Waals surface area (Å²) >= 11 is 6.01. The maximum Gasteiger partial charge on any atom is 0.146 e. The Bertz CT molecular complexity index is 578. The van der Waals surface area contributed by atoms with E-state index in [0.29, 0.717) is 12.4 Å². The van der Waals surface area contributed by atoms with Gasteiger partial charge in [0.2, 0.25) is 0 Å². The van der Waals surface area contributed by atoms with E-state index in [4.69, 9.17) is 21.1 Å². The molecular weight excluding hydrogens is 264 g/mol. The molecular formula is C14H19ClN2O2. The zero-order chi connectivity index (χ0) is 14.0. The van der Waals surface area contributed by atoms with Crippen LogP contribution < -0.4 is 4.74 Å². The first-order chi connectivity index (χ1) is 9.02. The van der Waals surface area contributed by atoms with Crippen molar-refractivity contribution in [3.05, 3.63) is 24.0 Å². The minimum Gasteiger partial charge on any atom is -0.494 e. The van der Waals surface area contributed by atoms with Gasteiger partial charge in [0.25, 0.3) is 0 Å². The molecule has 0 fully saturated rings. The van der Waals surface area contributed by atoms with Crippen LogP contribution in [0.1, 0.15) is 19.7 Å². The fourth-order valence-electron chi connectivity index (χ4n) is 2.06. The number of halogens is 1. The summed E-state index contributed by atoms with van der Waals surface area (Å²) in [6.07, 6.45) is 0. The Kier molecular flexibility index (Phi) is 4.02. The number of fused-ring (bicyclic) bond motifs is 1. The molecule has 104 valence electrons. The van der Waals surface area contributed by atoms with Crippen molar-refractivity contribution in [2.45, 2.75) is 31.9 Å². The maximum atomic E-state index is 6.01. The number of alkyl halides is 1. The second kappa shape index (κ2) is 5.39. The number of hydrogen-bond donors (Lipinski definition) is 0. The quantitative estimate of drug-likeness (QED) is 0.790. The molecule has 0 atom stereocenters. The average Bonchev–Trinajstić information content (AvgIpc) is 2.76. The molecule has 0 aliphatic carbocycles. The lowest BCUT2D eigenvalue weighted by atomic mass is 10.1. The van der Waals surface area contributed by atoms with E-state index in [1.54, 1.807) is 14.2 Å². The molecule has 0 unspecified atom stereocenters. The number of para-hydroxylation sites is 1. The summed E-state index contributed by atoms with van der Waals surface area (Å²) in [5.41, 5.74) is 1.57. The van der Waals surface area contributed by atoms with Gasteiger partial charge < -0.3 is 14.0 Å². The fraction of sp³-hybridized carbons (Fsp3) is 0.500. The van der Waals surface area contributed by atoms with Crippen molar-refractivity contribution >= 4 is 22.6 Å². The minimum atomic E-state index is -0.280. The predicted molar refractivity (Wildman–Crippen MR) is 76.9 cm³/mol. The van der Waals surface area contributed by atoms with Gasteiger partial charge in [0.1, 0.15) is 17.1 Å². The van der Waals surface area contributed by atoms with Gasteiger partial charge in [-0.2, -0.15) is 0 Å². The van der Waals surface area contributed by atoms with E-state index in [1.807, 2.05) is 32.0 Å². The highest BCUT2D eigenvalue weighted by atomic mass is 35.5. The van der Waals surface area contributed by atoms with Crippen molar-refractivity contribution < 1.29 is 9.47 Å². The Hall–Kier alpha value is -1.26. The molecule has 0 amide bonds. The highest BCUT2D eigenvalue weighted by molar-refractivity contribution is 6.16. The fourth-order valence-corrected chi connectivity index (χ4v) is 2.26. The standard InChI is InChI=1S/C14H19ClN2O2/c1-14(2,19-4)9-17-10-6-5-7-11(18-3)13(10)16-12(17)8-15/h5-7H,8-9H2,1-4H3. The Morgan fingerprint density at radius 3 is 2.63 bits per heavy atom. The molecule has 0 aliphatic heterocycles. The molecule has 2 aromatic rings. The molecule has 0 bridgehead atoms. The lowest BCUT2D eigenvalue weighted by Crippen LogP contribution is -2.29. The maximum absolute atomic E-state index is 6.01. The van der Waals surface area contributed by atoms with Crippen molar-refractivity contribution in [1.82, 2.24) is 9.55 Å². The van der Waals surface area contributed by atoms with Gasteiger partial charge >= 0.3 is 0 Å². The Morgan fingerprint density at radius 2 is 2.05 bits per heavy atom. The van der Waals surface area contributed by atoms with E-state index in [0.717, 1.165) is 22.6 Å². The van der Waals surface area contributed by atoms with Crippen LogP contribution in [0.2, 0.25) is 0 Å². The summed E-state index contributed by atoms with van der Waals surface area (Å²) < 4.78 is 12.9. The number of aromatic nitrogens is 2. The first-order valence-corrected chi connectivity index (χ1v) is 6.69. The largest absolute Gasteiger partial charge is 0.494 e. The van der Waals surface area contributed by atoms with E-state index in [9.17, 15) is 0 Å². The molecule has 0 N–H and O–H groups in total. The third-order valence-electron chi connectivity index (χ3n) is 3.25. The number of nitrogens with zero attached hydrogens (tertiary/aromatic N) is 2. The van der Waals surface area contributed by atoms with Crippen molar-refractivity contribution in [2.24, 2.45) is 0 Å². The minimum absolute atomic E-state index is 0.280. The van der Waals surface area contributed by atoms with Crippen molar-refractivity contribution in [3.63, 3.8) is 0 Å². The number of imidazole rings is 1. The molecule has 1 aromatic heterocycles. The molecule has 1 heterocycles. The van der Waals surface area contributed by atoms with Crippen LogP contribution in [0.3, 0.4) is 0 Å². The first-order valence-electron chi connectivity index (χ1n) is 6.15. The van der Waals surface area contributed by atoms with Crippen LogP contribution in [0.4, 0.5) is 0 Å². The van der Waals surface area contributed by atoms with E-state index in [-0.39, 0.29) is 5.60 Å². The molecule has 0 spiro atoms. The van der Waals surface area contributed by atoms with Crippen LogP contribution in [0, 0.1) is 0 Å². The SMILES string of the molecule is COc1cccc2c1nc(CCl)n2CC(C)(C)OC. The number of ether oxygens (including phenoxy) is 2. The lowest BCUT2D eigenvalue weighted by molar-refractivity contribution is 0.00854. The molecule has 0 aliphatic rings. The molecule has 0 saturated carbocycles. The summed E-state index contributed by atoms with van der Waals surface area (Å²) in [6, 6.07) is 5.88. The molecule has 1 aromatic carbocycles. The Labute approximate surface area is 118 Å². The van der Waals surface area contributed by atoms with E-state index >= 15 is 0 Å². The number of hydrogen-bond acceptors (Lipinski definition) is 3. The first kappa shape index (κ1) is 14.2. The summed E-state index contributed by atoms with van der Waals surface area (Å²) in [7, 11) is 3.35. The van der Waals surface area contributed by atoms with Crippen LogP contribution in [0.25, 0.3) is 11.0 Å². The van der Waals surface area contributed by atoms with Gasteiger partial charge in [0.15, 0.2) is 0 Å². The predicted octanol–water partition coefficient (Wildman–Crippen LogP) is 3.21. The number of rotatable bonds is 5. The second-order valence-corrected chi connectivity index (χ2v) is 5.31. The number of benzene rings is 1. The monoisotopic (exact) mass is 282 g/mol. The van der Waals surface area contributed by atoms with E-state index < -0.39 is 0 Å². The zero-order valence-electron chi connectivity index (χ0n) is 11.7. The van der Waals surface area contributed by atoms with Gasteiger partial charge in [0.05, 0.1) is 30.7 Å². The third kappa shape index (κ3) is 2.69. The topological polar surface area (TPSA) is 36.3 Å². The van der Waals surface area contributed by atoms with Gasteiger partial charge in [-0.25, -0.2) is 4.98 Å². The normalized spacial score (nSPS) is 12.1. The highest BCUT2D eigenvalue weighted by Crippen LogP contribution is 2.28. The molecule has 19 heavy (non-hydrogen) atoms. The number of methoxy groups -OCH3 is 2.